The number of aromatic nitrogens is 1. The van der Waals surface area contributed by atoms with Crippen LogP contribution in [0, 0.1) is 11.3 Å². The van der Waals surface area contributed by atoms with E-state index in [1.807, 2.05) is 0 Å². The molecule has 1 saturated carbocycles. The number of hydrogen-bond donors (Lipinski definition) is 1. The smallest absolute Gasteiger partial charge is 0.169 e. The Morgan fingerprint density at radius 1 is 1.44 bits per heavy atom. The van der Waals surface area contributed by atoms with Gasteiger partial charge in [-0.2, -0.15) is 0 Å². The average molecular weight is 267 g/mol. The predicted octanol–water partition coefficient (Wildman–Crippen LogP) is 3.72. The number of hydrogen-bond acceptors (Lipinski definition) is 3. The van der Waals surface area contributed by atoms with Gasteiger partial charge in [0.25, 0.3) is 0 Å². The number of nitrogen functional groups attached to an aromatic ring is 1. The van der Waals surface area contributed by atoms with E-state index in [0.717, 1.165) is 25.7 Å². The van der Waals surface area contributed by atoms with E-state index >= 15 is 0 Å². The van der Waals surface area contributed by atoms with Crippen LogP contribution >= 0.6 is 11.6 Å². The molecule has 18 heavy (non-hydrogen) atoms. The van der Waals surface area contributed by atoms with E-state index in [1.165, 1.54) is 6.20 Å². The van der Waals surface area contributed by atoms with Crippen molar-refractivity contribution in [2.45, 2.75) is 39.5 Å². The molecular formula is C14H19ClN2O. The van der Waals surface area contributed by atoms with Crippen LogP contribution in [0.5, 0.6) is 0 Å². The third-order valence-corrected chi connectivity index (χ3v) is 4.07. The van der Waals surface area contributed by atoms with Crippen molar-refractivity contribution < 1.29 is 4.79 Å². The minimum atomic E-state index is 0.0700. The second kappa shape index (κ2) is 4.88. The van der Waals surface area contributed by atoms with Crippen molar-refractivity contribution in [1.82, 2.24) is 4.98 Å². The fourth-order valence-corrected chi connectivity index (χ4v) is 2.69. The van der Waals surface area contributed by atoms with Crippen LogP contribution in [0.15, 0.2) is 12.3 Å². The summed E-state index contributed by atoms with van der Waals surface area (Å²) in [4.78, 5) is 16.4. The SMILES string of the molecule is CC1(C)CCC(C(=O)c2cc(Cl)cnc2N)CC1. The van der Waals surface area contributed by atoms with Gasteiger partial charge in [0.05, 0.1) is 10.6 Å². The zero-order valence-electron chi connectivity index (χ0n) is 10.9. The molecule has 2 N–H and O–H groups in total. The Morgan fingerprint density at radius 2 is 2.06 bits per heavy atom. The molecule has 3 nitrogen and oxygen atoms in total. The number of Topliss-reactive ketones (excluding diaryl/α,β-unsaturated/α-hetero) is 1. The summed E-state index contributed by atoms with van der Waals surface area (Å²) in [5.41, 5.74) is 6.59. The molecule has 0 spiro atoms. The molecule has 1 aromatic heterocycles. The summed E-state index contributed by atoms with van der Waals surface area (Å²) >= 11 is 5.87. The molecule has 98 valence electrons. The van der Waals surface area contributed by atoms with E-state index in [-0.39, 0.29) is 17.5 Å². The van der Waals surface area contributed by atoms with Gasteiger partial charge in [0.15, 0.2) is 5.78 Å². The van der Waals surface area contributed by atoms with Gasteiger partial charge in [-0.05, 0) is 37.2 Å². The highest BCUT2D eigenvalue weighted by Gasteiger charge is 2.31. The quantitative estimate of drug-likeness (QED) is 0.830. The van der Waals surface area contributed by atoms with Crippen molar-refractivity contribution in [3.63, 3.8) is 0 Å². The maximum Gasteiger partial charge on any atom is 0.169 e. The first-order valence-corrected chi connectivity index (χ1v) is 6.72. The fraction of sp³-hybridized carbons (Fsp3) is 0.571. The highest BCUT2D eigenvalue weighted by atomic mass is 35.5. The first-order chi connectivity index (χ1) is 8.39. The maximum atomic E-state index is 12.4. The van der Waals surface area contributed by atoms with Crippen LogP contribution in [-0.4, -0.2) is 10.8 Å². The highest BCUT2D eigenvalue weighted by Crippen LogP contribution is 2.39. The summed E-state index contributed by atoms with van der Waals surface area (Å²) in [5.74, 6) is 0.452. The van der Waals surface area contributed by atoms with Crippen LogP contribution < -0.4 is 5.73 Å². The Hall–Kier alpha value is -1.09. The Morgan fingerprint density at radius 3 is 2.67 bits per heavy atom. The first-order valence-electron chi connectivity index (χ1n) is 6.34. The average Bonchev–Trinajstić information content (AvgIpc) is 2.31. The Kier molecular flexibility index (Phi) is 3.62. The van der Waals surface area contributed by atoms with Gasteiger partial charge in [0.2, 0.25) is 0 Å². The van der Waals surface area contributed by atoms with Crippen LogP contribution in [0.4, 0.5) is 5.82 Å². The van der Waals surface area contributed by atoms with Crippen molar-refractivity contribution in [3.05, 3.63) is 22.8 Å². The van der Waals surface area contributed by atoms with E-state index in [2.05, 4.69) is 18.8 Å². The van der Waals surface area contributed by atoms with Crippen LogP contribution in [0.25, 0.3) is 0 Å². The Balaban J connectivity index is 2.15. The molecule has 1 aliphatic carbocycles. The predicted molar refractivity (Wildman–Crippen MR) is 73.7 cm³/mol. The lowest BCUT2D eigenvalue weighted by atomic mass is 9.71. The van der Waals surface area contributed by atoms with Gasteiger partial charge < -0.3 is 5.73 Å². The summed E-state index contributed by atoms with van der Waals surface area (Å²) in [6.45, 7) is 4.51. The molecule has 1 aliphatic rings. The molecule has 0 aliphatic heterocycles. The molecule has 1 aromatic rings. The van der Waals surface area contributed by atoms with Crippen molar-refractivity contribution in [2.24, 2.45) is 11.3 Å². The topological polar surface area (TPSA) is 56.0 Å². The number of nitrogens with two attached hydrogens (primary N) is 1. The normalized spacial score (nSPS) is 19.7. The minimum absolute atomic E-state index is 0.0700. The van der Waals surface area contributed by atoms with Crippen molar-refractivity contribution in [3.8, 4) is 0 Å². The van der Waals surface area contributed by atoms with Gasteiger partial charge in [0.1, 0.15) is 5.82 Å². The second-order valence-electron chi connectivity index (χ2n) is 5.89. The molecule has 0 aromatic carbocycles. The zero-order valence-corrected chi connectivity index (χ0v) is 11.6. The molecule has 0 radical (unpaired) electrons. The number of pyridine rings is 1. The minimum Gasteiger partial charge on any atom is -0.383 e. The zero-order chi connectivity index (χ0) is 13.3. The van der Waals surface area contributed by atoms with Gasteiger partial charge in [-0.1, -0.05) is 25.4 Å². The molecular weight excluding hydrogens is 248 g/mol. The van der Waals surface area contributed by atoms with Crippen molar-refractivity contribution in [2.75, 3.05) is 5.73 Å². The monoisotopic (exact) mass is 266 g/mol. The second-order valence-corrected chi connectivity index (χ2v) is 6.33. The van der Waals surface area contributed by atoms with E-state index in [4.69, 9.17) is 17.3 Å². The molecule has 0 amide bonds. The van der Waals surface area contributed by atoms with Gasteiger partial charge >= 0.3 is 0 Å². The molecule has 0 unspecified atom stereocenters. The standard InChI is InChI=1S/C14H19ClN2O/c1-14(2)5-3-9(4-6-14)12(18)11-7-10(15)8-17-13(11)16/h7-9H,3-6H2,1-2H3,(H2,16,17). The molecule has 1 fully saturated rings. The number of rotatable bonds is 2. The number of anilines is 1. The maximum absolute atomic E-state index is 12.4. The van der Waals surface area contributed by atoms with Crippen molar-refractivity contribution >= 4 is 23.2 Å². The number of nitrogens with zero attached hydrogens (tertiary/aromatic N) is 1. The van der Waals surface area contributed by atoms with Gasteiger partial charge in [-0.25, -0.2) is 4.98 Å². The van der Waals surface area contributed by atoms with E-state index in [0.29, 0.717) is 16.0 Å². The Bertz CT molecular complexity index is 461. The van der Waals surface area contributed by atoms with Crippen molar-refractivity contribution in [1.29, 1.82) is 0 Å². The van der Waals surface area contributed by atoms with Gasteiger partial charge in [-0.15, -0.1) is 0 Å². The molecule has 0 bridgehead atoms. The fourth-order valence-electron chi connectivity index (χ4n) is 2.53. The summed E-state index contributed by atoms with van der Waals surface area (Å²) < 4.78 is 0. The molecule has 4 heteroatoms. The van der Waals surface area contributed by atoms with Crippen LogP contribution in [0.1, 0.15) is 49.9 Å². The van der Waals surface area contributed by atoms with Crippen LogP contribution in [-0.2, 0) is 0 Å². The van der Waals surface area contributed by atoms with Crippen LogP contribution in [0.3, 0.4) is 0 Å². The molecule has 2 rings (SSSR count). The van der Waals surface area contributed by atoms with E-state index in [1.54, 1.807) is 6.07 Å². The number of ketones is 1. The van der Waals surface area contributed by atoms with Crippen LogP contribution in [0.2, 0.25) is 5.02 Å². The lowest BCUT2D eigenvalue weighted by Gasteiger charge is -2.33. The Labute approximate surface area is 113 Å². The third kappa shape index (κ3) is 2.83. The number of carbonyl (C=O) groups excluding carboxylic acids is 1. The number of halogens is 1. The summed E-state index contributed by atoms with van der Waals surface area (Å²) in [6, 6.07) is 1.63. The summed E-state index contributed by atoms with van der Waals surface area (Å²) in [5, 5.41) is 0.462. The first kappa shape index (κ1) is 13.3. The van der Waals surface area contributed by atoms with Gasteiger partial charge in [0, 0.05) is 12.1 Å². The number of carbonyl (C=O) groups is 1. The van der Waals surface area contributed by atoms with Gasteiger partial charge in [-0.3, -0.25) is 4.79 Å². The molecule has 0 saturated heterocycles. The summed E-state index contributed by atoms with van der Waals surface area (Å²) in [7, 11) is 0. The third-order valence-electron chi connectivity index (χ3n) is 3.86. The van der Waals surface area contributed by atoms with E-state index in [9.17, 15) is 4.79 Å². The molecule has 1 heterocycles. The summed E-state index contributed by atoms with van der Waals surface area (Å²) in [6.07, 6.45) is 5.49. The molecule has 0 atom stereocenters. The highest BCUT2D eigenvalue weighted by molar-refractivity contribution is 6.31. The lowest BCUT2D eigenvalue weighted by molar-refractivity contribution is 0.0838. The largest absolute Gasteiger partial charge is 0.383 e. The van der Waals surface area contributed by atoms with E-state index < -0.39 is 0 Å². The lowest BCUT2D eigenvalue weighted by Crippen LogP contribution is -2.26.